The van der Waals surface area contributed by atoms with Crippen LogP contribution in [0.3, 0.4) is 0 Å². The lowest BCUT2D eigenvalue weighted by Gasteiger charge is -2.33. The number of amides is 1. The number of carbonyl (C=O) groups excluding carboxylic acids is 1. The van der Waals surface area contributed by atoms with E-state index in [1.165, 1.54) is 6.92 Å². The van der Waals surface area contributed by atoms with Crippen molar-refractivity contribution >= 4 is 17.5 Å². The predicted octanol–water partition coefficient (Wildman–Crippen LogP) is 3.26. The second kappa shape index (κ2) is 5.87. The predicted molar refractivity (Wildman–Crippen MR) is 72.0 cm³/mol. The summed E-state index contributed by atoms with van der Waals surface area (Å²) in [4.78, 5) is 13.9. The highest BCUT2D eigenvalue weighted by molar-refractivity contribution is 6.32. The van der Waals surface area contributed by atoms with Gasteiger partial charge in [0.05, 0.1) is 10.7 Å². The third-order valence-electron chi connectivity index (χ3n) is 3.81. The zero-order valence-corrected chi connectivity index (χ0v) is 12.6. The maximum atomic E-state index is 12.7. The molecule has 8 heteroatoms. The van der Waals surface area contributed by atoms with Crippen molar-refractivity contribution in [3.63, 3.8) is 0 Å². The van der Waals surface area contributed by atoms with Crippen LogP contribution in [0.15, 0.2) is 0 Å². The first-order valence-electron chi connectivity index (χ1n) is 6.81. The van der Waals surface area contributed by atoms with Crippen LogP contribution in [0.4, 0.5) is 13.2 Å². The zero-order valence-electron chi connectivity index (χ0n) is 11.9. The lowest BCUT2D eigenvalue weighted by molar-refractivity contribution is -0.142. The van der Waals surface area contributed by atoms with Crippen LogP contribution in [0.5, 0.6) is 0 Å². The van der Waals surface area contributed by atoms with Gasteiger partial charge in [-0.15, -0.1) is 0 Å². The number of carbonyl (C=O) groups is 1. The van der Waals surface area contributed by atoms with Crippen molar-refractivity contribution in [3.8, 4) is 0 Å². The smallest absolute Gasteiger partial charge is 0.338 e. The molecular weight excluding hydrogens is 307 g/mol. The van der Waals surface area contributed by atoms with Gasteiger partial charge in [-0.1, -0.05) is 11.6 Å². The van der Waals surface area contributed by atoms with Gasteiger partial charge in [-0.3, -0.25) is 9.48 Å². The van der Waals surface area contributed by atoms with Crippen LogP contribution in [-0.4, -0.2) is 33.2 Å². The quantitative estimate of drug-likeness (QED) is 0.838. The molecule has 4 nitrogen and oxygen atoms in total. The van der Waals surface area contributed by atoms with E-state index in [1.54, 1.807) is 4.90 Å². The molecule has 0 aliphatic carbocycles. The maximum absolute atomic E-state index is 12.7. The van der Waals surface area contributed by atoms with Crippen LogP contribution in [0.1, 0.15) is 37.6 Å². The van der Waals surface area contributed by atoms with Gasteiger partial charge in [-0.05, 0) is 33.1 Å². The largest absolute Gasteiger partial charge is 0.436 e. The third-order valence-corrected chi connectivity index (χ3v) is 4.26. The lowest BCUT2D eigenvalue weighted by atomic mass is 10.0. The van der Waals surface area contributed by atoms with Crippen LogP contribution < -0.4 is 0 Å². The number of nitrogens with zero attached hydrogens (tertiary/aromatic N) is 3. The van der Waals surface area contributed by atoms with Gasteiger partial charge in [0.1, 0.15) is 6.54 Å². The van der Waals surface area contributed by atoms with E-state index in [4.69, 9.17) is 11.6 Å². The molecule has 0 bridgehead atoms. The molecule has 2 heterocycles. The monoisotopic (exact) mass is 323 g/mol. The summed E-state index contributed by atoms with van der Waals surface area (Å²) < 4.78 is 39.3. The Balaban J connectivity index is 2.18. The van der Waals surface area contributed by atoms with Gasteiger partial charge in [0, 0.05) is 12.6 Å². The first kappa shape index (κ1) is 16.1. The van der Waals surface area contributed by atoms with Crippen molar-refractivity contribution in [2.45, 2.75) is 51.9 Å². The van der Waals surface area contributed by atoms with E-state index < -0.39 is 16.9 Å². The highest BCUT2D eigenvalue weighted by Gasteiger charge is 2.38. The zero-order chi connectivity index (χ0) is 15.8. The van der Waals surface area contributed by atoms with E-state index in [9.17, 15) is 18.0 Å². The number of piperidine rings is 1. The molecule has 0 saturated carbocycles. The summed E-state index contributed by atoms with van der Waals surface area (Å²) in [6.45, 7) is 3.80. The molecule has 2 rings (SSSR count). The fourth-order valence-corrected chi connectivity index (χ4v) is 2.79. The van der Waals surface area contributed by atoms with Crippen molar-refractivity contribution < 1.29 is 18.0 Å². The number of halogens is 4. The molecule has 1 aliphatic heterocycles. The minimum atomic E-state index is -4.62. The van der Waals surface area contributed by atoms with Crippen LogP contribution in [0, 0.1) is 6.92 Å². The Morgan fingerprint density at radius 2 is 2.10 bits per heavy atom. The highest BCUT2D eigenvalue weighted by Crippen LogP contribution is 2.35. The summed E-state index contributed by atoms with van der Waals surface area (Å²) >= 11 is 5.67. The molecule has 118 valence electrons. The van der Waals surface area contributed by atoms with Crippen molar-refractivity contribution in [2.75, 3.05) is 6.54 Å². The molecular formula is C13H17ClF3N3O. The van der Waals surface area contributed by atoms with Gasteiger partial charge in [-0.2, -0.15) is 18.3 Å². The van der Waals surface area contributed by atoms with Crippen molar-refractivity contribution in [3.05, 3.63) is 16.4 Å². The number of hydrogen-bond donors (Lipinski definition) is 0. The van der Waals surface area contributed by atoms with E-state index in [0.29, 0.717) is 6.54 Å². The normalized spacial score (nSPS) is 19.9. The molecule has 0 spiro atoms. The Kier molecular flexibility index (Phi) is 4.51. The molecule has 1 atom stereocenters. The van der Waals surface area contributed by atoms with Crippen molar-refractivity contribution in [2.24, 2.45) is 0 Å². The van der Waals surface area contributed by atoms with E-state index in [2.05, 4.69) is 5.10 Å². The summed E-state index contributed by atoms with van der Waals surface area (Å²) in [6.07, 6.45) is -1.72. The minimum Gasteiger partial charge on any atom is -0.338 e. The van der Waals surface area contributed by atoms with E-state index in [1.807, 2.05) is 6.92 Å². The standard InChI is InChI=1S/C13H17ClF3N3O/c1-8-5-3-4-6-19(8)10(21)7-20-9(2)11(14)12(18-20)13(15,16)17/h8H,3-7H2,1-2H3/t8-/m1/s1. The maximum Gasteiger partial charge on any atom is 0.436 e. The molecule has 0 unspecified atom stereocenters. The number of hydrogen-bond acceptors (Lipinski definition) is 2. The molecule has 0 aromatic carbocycles. The Morgan fingerprint density at radius 1 is 1.43 bits per heavy atom. The van der Waals surface area contributed by atoms with Crippen molar-refractivity contribution in [1.29, 1.82) is 0 Å². The molecule has 1 fully saturated rings. The SMILES string of the molecule is Cc1c(Cl)c(C(F)(F)F)nn1CC(=O)N1CCCC[C@H]1C. The molecule has 1 aromatic heterocycles. The van der Waals surface area contributed by atoms with E-state index in [0.717, 1.165) is 23.9 Å². The molecule has 21 heavy (non-hydrogen) atoms. The van der Waals surface area contributed by atoms with Gasteiger partial charge < -0.3 is 4.90 Å². The number of alkyl halides is 3. The number of aromatic nitrogens is 2. The van der Waals surface area contributed by atoms with Gasteiger partial charge >= 0.3 is 6.18 Å². The summed E-state index contributed by atoms with van der Waals surface area (Å²) in [7, 11) is 0. The van der Waals surface area contributed by atoms with Crippen LogP contribution in [0.25, 0.3) is 0 Å². The molecule has 0 N–H and O–H groups in total. The first-order valence-corrected chi connectivity index (χ1v) is 7.19. The molecule has 1 saturated heterocycles. The topological polar surface area (TPSA) is 38.1 Å². The first-order chi connectivity index (χ1) is 9.71. The Hall–Kier alpha value is -1.24. The third kappa shape index (κ3) is 3.33. The fraction of sp³-hybridized carbons (Fsp3) is 0.692. The second-order valence-electron chi connectivity index (χ2n) is 5.34. The fourth-order valence-electron chi connectivity index (χ4n) is 2.55. The minimum absolute atomic E-state index is 0.111. The van der Waals surface area contributed by atoms with E-state index in [-0.39, 0.29) is 24.2 Å². The average molecular weight is 324 g/mol. The lowest BCUT2D eigenvalue weighted by Crippen LogP contribution is -2.43. The summed E-state index contributed by atoms with van der Waals surface area (Å²) in [6, 6.07) is 0.111. The molecule has 0 radical (unpaired) electrons. The van der Waals surface area contributed by atoms with Gasteiger partial charge in [-0.25, -0.2) is 0 Å². The van der Waals surface area contributed by atoms with Crippen LogP contribution in [-0.2, 0) is 17.5 Å². The summed E-state index contributed by atoms with van der Waals surface area (Å²) in [5.41, 5.74) is -0.983. The van der Waals surface area contributed by atoms with Gasteiger partial charge in [0.25, 0.3) is 0 Å². The Bertz CT molecular complexity index is 541. The molecule has 1 amide bonds. The highest BCUT2D eigenvalue weighted by atomic mass is 35.5. The Labute approximate surface area is 125 Å². The summed E-state index contributed by atoms with van der Waals surface area (Å²) in [5.74, 6) is -0.224. The second-order valence-corrected chi connectivity index (χ2v) is 5.71. The van der Waals surface area contributed by atoms with Crippen LogP contribution in [0.2, 0.25) is 5.02 Å². The molecule has 1 aromatic rings. The van der Waals surface area contributed by atoms with Crippen molar-refractivity contribution in [1.82, 2.24) is 14.7 Å². The average Bonchev–Trinajstić information content (AvgIpc) is 2.67. The van der Waals surface area contributed by atoms with E-state index >= 15 is 0 Å². The number of rotatable bonds is 2. The summed E-state index contributed by atoms with van der Waals surface area (Å²) in [5, 5.41) is 3.01. The Morgan fingerprint density at radius 3 is 2.62 bits per heavy atom. The number of likely N-dealkylation sites (tertiary alicyclic amines) is 1. The van der Waals surface area contributed by atoms with Gasteiger partial charge in [0.2, 0.25) is 5.91 Å². The molecule has 1 aliphatic rings. The van der Waals surface area contributed by atoms with Gasteiger partial charge in [0.15, 0.2) is 5.69 Å². The van der Waals surface area contributed by atoms with Crippen LogP contribution >= 0.6 is 11.6 Å².